The van der Waals surface area contributed by atoms with Gasteiger partial charge in [0.15, 0.2) is 0 Å². The minimum Gasteiger partial charge on any atom is -0.335 e. The number of anilines is 1. The van der Waals surface area contributed by atoms with Crippen LogP contribution in [0, 0.1) is 13.8 Å². The summed E-state index contributed by atoms with van der Waals surface area (Å²) in [5, 5.41) is 4.38. The molecule has 8 nitrogen and oxygen atoms in total. The van der Waals surface area contributed by atoms with E-state index in [4.69, 9.17) is 0 Å². The second-order valence-electron chi connectivity index (χ2n) is 7.96. The Morgan fingerprint density at radius 2 is 1.86 bits per heavy atom. The minimum atomic E-state index is -0.131. The largest absolute Gasteiger partial charge is 0.335 e. The van der Waals surface area contributed by atoms with Gasteiger partial charge in [-0.15, -0.1) is 0 Å². The van der Waals surface area contributed by atoms with E-state index in [0.29, 0.717) is 31.9 Å². The molecular formula is C21H28N6O2. The first-order chi connectivity index (χ1) is 13.9. The molecular weight excluding hydrogens is 368 g/mol. The molecule has 0 saturated carbocycles. The van der Waals surface area contributed by atoms with Gasteiger partial charge in [0.1, 0.15) is 11.5 Å². The summed E-state index contributed by atoms with van der Waals surface area (Å²) in [4.78, 5) is 36.1. The van der Waals surface area contributed by atoms with Gasteiger partial charge in [0.2, 0.25) is 5.91 Å². The van der Waals surface area contributed by atoms with Gasteiger partial charge in [0, 0.05) is 52.0 Å². The Morgan fingerprint density at radius 1 is 1.10 bits per heavy atom. The van der Waals surface area contributed by atoms with Crippen molar-refractivity contribution in [2.75, 3.05) is 37.6 Å². The zero-order valence-electron chi connectivity index (χ0n) is 17.3. The lowest BCUT2D eigenvalue weighted by molar-refractivity contribution is -0.126. The maximum Gasteiger partial charge on any atom is 0.272 e. The first-order valence-electron chi connectivity index (χ1n) is 10.2. The summed E-state index contributed by atoms with van der Waals surface area (Å²) in [6.07, 6.45) is 3.55. The molecule has 0 aliphatic carbocycles. The van der Waals surface area contributed by atoms with Crippen molar-refractivity contribution >= 4 is 17.6 Å². The minimum absolute atomic E-state index is 0.0355. The van der Waals surface area contributed by atoms with Gasteiger partial charge in [0.05, 0.1) is 11.7 Å². The SMILES string of the molecule is Cc1ccc(C(=O)N2CCN([C@H]3CCCN(c4cc(C)nn4C)C3=O)CC2)nc1. The second kappa shape index (κ2) is 7.94. The highest BCUT2D eigenvalue weighted by molar-refractivity contribution is 5.97. The zero-order chi connectivity index (χ0) is 20.5. The van der Waals surface area contributed by atoms with Gasteiger partial charge in [-0.2, -0.15) is 5.10 Å². The topological polar surface area (TPSA) is 74.6 Å². The van der Waals surface area contributed by atoms with Crippen LogP contribution < -0.4 is 4.90 Å². The van der Waals surface area contributed by atoms with Crippen LogP contribution in [0.2, 0.25) is 0 Å². The molecule has 2 aliphatic heterocycles. The average Bonchev–Trinajstić information content (AvgIpc) is 3.06. The third-order valence-corrected chi connectivity index (χ3v) is 5.84. The van der Waals surface area contributed by atoms with Gasteiger partial charge in [-0.05, 0) is 38.3 Å². The van der Waals surface area contributed by atoms with Crippen LogP contribution >= 0.6 is 0 Å². The highest BCUT2D eigenvalue weighted by Gasteiger charge is 2.37. The number of aryl methyl sites for hydroxylation is 3. The molecule has 0 radical (unpaired) electrons. The van der Waals surface area contributed by atoms with E-state index in [2.05, 4.69) is 15.0 Å². The number of hydrogen-bond donors (Lipinski definition) is 0. The van der Waals surface area contributed by atoms with Crippen molar-refractivity contribution in [3.63, 3.8) is 0 Å². The molecule has 8 heteroatoms. The fraction of sp³-hybridized carbons (Fsp3) is 0.524. The molecule has 1 atom stereocenters. The van der Waals surface area contributed by atoms with Crippen molar-refractivity contribution < 1.29 is 9.59 Å². The molecule has 4 rings (SSSR count). The lowest BCUT2D eigenvalue weighted by Crippen LogP contribution is -2.58. The maximum absolute atomic E-state index is 13.2. The lowest BCUT2D eigenvalue weighted by atomic mass is 10.0. The van der Waals surface area contributed by atoms with Crippen LogP contribution in [0.4, 0.5) is 5.82 Å². The molecule has 0 unspecified atom stereocenters. The summed E-state index contributed by atoms with van der Waals surface area (Å²) in [5.41, 5.74) is 2.43. The first-order valence-corrected chi connectivity index (χ1v) is 10.2. The Bertz CT molecular complexity index is 898. The number of pyridine rings is 1. The van der Waals surface area contributed by atoms with Crippen molar-refractivity contribution in [3.05, 3.63) is 41.3 Å². The van der Waals surface area contributed by atoms with E-state index in [9.17, 15) is 9.59 Å². The third kappa shape index (κ3) is 3.89. The fourth-order valence-electron chi connectivity index (χ4n) is 4.27. The molecule has 154 valence electrons. The Kier molecular flexibility index (Phi) is 5.36. The molecule has 0 bridgehead atoms. The molecule has 2 aromatic heterocycles. The first kappa shape index (κ1) is 19.6. The van der Waals surface area contributed by atoms with Gasteiger partial charge >= 0.3 is 0 Å². The molecule has 0 aromatic carbocycles. The number of nitrogens with zero attached hydrogens (tertiary/aromatic N) is 6. The lowest BCUT2D eigenvalue weighted by Gasteiger charge is -2.42. The summed E-state index contributed by atoms with van der Waals surface area (Å²) < 4.78 is 1.78. The molecule has 2 fully saturated rings. The second-order valence-corrected chi connectivity index (χ2v) is 7.96. The van der Waals surface area contributed by atoms with Crippen LogP contribution in [-0.4, -0.2) is 75.1 Å². The number of carbonyl (C=O) groups is 2. The van der Waals surface area contributed by atoms with Gasteiger partial charge in [-0.3, -0.25) is 29.1 Å². The molecule has 29 heavy (non-hydrogen) atoms. The van der Waals surface area contributed by atoms with Crippen molar-refractivity contribution in [2.24, 2.45) is 7.05 Å². The molecule has 2 aromatic rings. The summed E-state index contributed by atoms with van der Waals surface area (Å²) in [6.45, 7) is 7.25. The van der Waals surface area contributed by atoms with E-state index < -0.39 is 0 Å². The normalized spacial score (nSPS) is 20.9. The monoisotopic (exact) mass is 396 g/mol. The van der Waals surface area contributed by atoms with Crippen LogP contribution in [-0.2, 0) is 11.8 Å². The van der Waals surface area contributed by atoms with Gasteiger partial charge < -0.3 is 4.90 Å². The number of piperazine rings is 1. The number of amides is 2. The predicted octanol–water partition coefficient (Wildman–Crippen LogP) is 1.39. The molecule has 2 aliphatic rings. The predicted molar refractivity (Wildman–Crippen MR) is 110 cm³/mol. The van der Waals surface area contributed by atoms with Crippen LogP contribution in [0.25, 0.3) is 0 Å². The van der Waals surface area contributed by atoms with Gasteiger partial charge in [-0.1, -0.05) is 6.07 Å². The van der Waals surface area contributed by atoms with Crippen LogP contribution in [0.1, 0.15) is 34.6 Å². The standard InChI is InChI=1S/C21H28N6O2/c1-15-6-7-17(22-14-15)20(28)26-11-9-25(10-12-26)18-5-4-8-27(21(18)29)19-13-16(2)23-24(19)3/h6-7,13-14,18H,4-5,8-12H2,1-3H3/t18-/m0/s1. The van der Waals surface area contributed by atoms with Gasteiger partial charge in [0.25, 0.3) is 5.91 Å². The number of hydrogen-bond acceptors (Lipinski definition) is 5. The van der Waals surface area contributed by atoms with E-state index in [1.54, 1.807) is 16.9 Å². The molecule has 4 heterocycles. The van der Waals surface area contributed by atoms with Crippen LogP contribution in [0.3, 0.4) is 0 Å². The van der Waals surface area contributed by atoms with Crippen LogP contribution in [0.5, 0.6) is 0 Å². The summed E-state index contributed by atoms with van der Waals surface area (Å²) >= 11 is 0. The molecule has 0 spiro atoms. The van der Waals surface area contributed by atoms with Crippen molar-refractivity contribution in [1.82, 2.24) is 24.6 Å². The number of aromatic nitrogens is 3. The Morgan fingerprint density at radius 3 is 2.48 bits per heavy atom. The Balaban J connectivity index is 1.40. The van der Waals surface area contributed by atoms with Crippen molar-refractivity contribution in [3.8, 4) is 0 Å². The molecule has 2 amide bonds. The summed E-state index contributed by atoms with van der Waals surface area (Å²) in [7, 11) is 1.88. The van der Waals surface area contributed by atoms with Crippen molar-refractivity contribution in [2.45, 2.75) is 32.7 Å². The summed E-state index contributed by atoms with van der Waals surface area (Å²) in [6, 6.07) is 5.52. The van der Waals surface area contributed by atoms with Crippen molar-refractivity contribution in [1.29, 1.82) is 0 Å². The smallest absolute Gasteiger partial charge is 0.272 e. The quantitative estimate of drug-likeness (QED) is 0.784. The molecule has 0 N–H and O–H groups in total. The fourth-order valence-corrected chi connectivity index (χ4v) is 4.27. The van der Waals surface area contributed by atoms with E-state index in [0.717, 1.165) is 36.5 Å². The van der Waals surface area contributed by atoms with Gasteiger partial charge in [-0.25, -0.2) is 0 Å². The van der Waals surface area contributed by atoms with E-state index in [1.165, 1.54) is 0 Å². The average molecular weight is 396 g/mol. The molecule has 2 saturated heterocycles. The number of piperidine rings is 1. The summed E-state index contributed by atoms with van der Waals surface area (Å²) in [5.74, 6) is 0.960. The Labute approximate surface area is 171 Å². The number of rotatable bonds is 3. The van der Waals surface area contributed by atoms with Crippen LogP contribution in [0.15, 0.2) is 24.4 Å². The highest BCUT2D eigenvalue weighted by atomic mass is 16.2. The highest BCUT2D eigenvalue weighted by Crippen LogP contribution is 2.25. The van der Waals surface area contributed by atoms with E-state index >= 15 is 0 Å². The third-order valence-electron chi connectivity index (χ3n) is 5.84. The van der Waals surface area contributed by atoms with E-state index in [1.807, 2.05) is 42.8 Å². The van der Waals surface area contributed by atoms with E-state index in [-0.39, 0.29) is 17.9 Å². The zero-order valence-corrected chi connectivity index (χ0v) is 17.3. The number of carbonyl (C=O) groups excluding carboxylic acids is 2. The Hall–Kier alpha value is -2.74. The maximum atomic E-state index is 13.2.